The van der Waals surface area contributed by atoms with E-state index in [1.807, 2.05) is 6.07 Å². The van der Waals surface area contributed by atoms with Gasteiger partial charge in [0.1, 0.15) is 31.3 Å². The minimum Gasteiger partial charge on any atom is -0.495 e. The van der Waals surface area contributed by atoms with E-state index in [0.717, 1.165) is 0 Å². The smallest absolute Gasteiger partial charge is 0.328 e. The van der Waals surface area contributed by atoms with Crippen LogP contribution in [0.3, 0.4) is 0 Å². The van der Waals surface area contributed by atoms with Crippen LogP contribution in [0, 0.1) is 11.3 Å². The molecule has 0 fully saturated rings. The number of anilines is 1. The molecule has 0 saturated heterocycles. The number of ether oxygens (including phenoxy) is 2. The highest BCUT2D eigenvalue weighted by Crippen LogP contribution is 2.19. The largest absolute Gasteiger partial charge is 0.495 e. The molecule has 8 heteroatoms. The zero-order chi connectivity index (χ0) is 15.2. The van der Waals surface area contributed by atoms with Crippen molar-refractivity contribution in [2.45, 2.75) is 13.2 Å². The SMILES string of the molecule is COc1ccc(COC(=O)Cn2cnc(N)n2)cc1C#N. The number of aromatic nitrogens is 3. The van der Waals surface area contributed by atoms with Crippen molar-refractivity contribution in [3.05, 3.63) is 35.7 Å². The van der Waals surface area contributed by atoms with Gasteiger partial charge in [0.25, 0.3) is 0 Å². The molecule has 0 aliphatic carbocycles. The Balaban J connectivity index is 1.93. The first-order valence-corrected chi connectivity index (χ1v) is 6.00. The molecule has 2 aromatic rings. The summed E-state index contributed by atoms with van der Waals surface area (Å²) < 4.78 is 11.4. The molecule has 1 aromatic carbocycles. The maximum atomic E-state index is 11.6. The van der Waals surface area contributed by atoms with E-state index in [9.17, 15) is 4.79 Å². The third-order valence-corrected chi connectivity index (χ3v) is 2.63. The summed E-state index contributed by atoms with van der Waals surface area (Å²) >= 11 is 0. The summed E-state index contributed by atoms with van der Waals surface area (Å²) in [6.07, 6.45) is 1.35. The molecule has 21 heavy (non-hydrogen) atoms. The predicted octanol–water partition coefficient (Wildman–Crippen LogP) is 0.484. The van der Waals surface area contributed by atoms with Crippen molar-refractivity contribution in [2.24, 2.45) is 0 Å². The van der Waals surface area contributed by atoms with Crippen LogP contribution in [0.15, 0.2) is 24.5 Å². The van der Waals surface area contributed by atoms with Crippen molar-refractivity contribution in [1.82, 2.24) is 14.8 Å². The lowest BCUT2D eigenvalue weighted by Crippen LogP contribution is -2.14. The Morgan fingerprint density at radius 2 is 2.33 bits per heavy atom. The summed E-state index contributed by atoms with van der Waals surface area (Å²) in [4.78, 5) is 15.3. The number of carbonyl (C=O) groups excluding carboxylic acids is 1. The van der Waals surface area contributed by atoms with Crippen molar-refractivity contribution in [3.63, 3.8) is 0 Å². The fraction of sp³-hybridized carbons (Fsp3) is 0.231. The van der Waals surface area contributed by atoms with Crippen LogP contribution >= 0.6 is 0 Å². The van der Waals surface area contributed by atoms with E-state index in [2.05, 4.69) is 10.1 Å². The Labute approximate surface area is 120 Å². The normalized spacial score (nSPS) is 9.90. The van der Waals surface area contributed by atoms with E-state index >= 15 is 0 Å². The second-order valence-corrected chi connectivity index (χ2v) is 4.11. The van der Waals surface area contributed by atoms with Crippen LogP contribution in [0.2, 0.25) is 0 Å². The Kier molecular flexibility index (Phi) is 4.36. The minimum absolute atomic E-state index is 0.0572. The number of esters is 1. The van der Waals surface area contributed by atoms with Gasteiger partial charge in [0.2, 0.25) is 5.95 Å². The van der Waals surface area contributed by atoms with Crippen LogP contribution in [0.4, 0.5) is 5.95 Å². The Morgan fingerprint density at radius 3 is 2.95 bits per heavy atom. The molecule has 0 amide bonds. The van der Waals surface area contributed by atoms with Gasteiger partial charge in [0, 0.05) is 0 Å². The van der Waals surface area contributed by atoms with E-state index in [0.29, 0.717) is 16.9 Å². The highest BCUT2D eigenvalue weighted by molar-refractivity contribution is 5.69. The van der Waals surface area contributed by atoms with Crippen LogP contribution < -0.4 is 10.5 Å². The Hall–Kier alpha value is -3.08. The second-order valence-electron chi connectivity index (χ2n) is 4.11. The first-order chi connectivity index (χ1) is 10.1. The molecule has 0 aliphatic heterocycles. The lowest BCUT2D eigenvalue weighted by Gasteiger charge is -2.07. The number of nitrogen functional groups attached to an aromatic ring is 1. The molecule has 0 atom stereocenters. The van der Waals surface area contributed by atoms with Gasteiger partial charge in [-0.1, -0.05) is 6.07 Å². The van der Waals surface area contributed by atoms with Crippen LogP contribution in [0.1, 0.15) is 11.1 Å². The molecule has 0 saturated carbocycles. The number of hydrogen-bond donors (Lipinski definition) is 1. The number of rotatable bonds is 5. The van der Waals surface area contributed by atoms with Gasteiger partial charge in [-0.2, -0.15) is 5.26 Å². The molecule has 108 valence electrons. The fourth-order valence-electron chi connectivity index (χ4n) is 1.66. The maximum absolute atomic E-state index is 11.6. The number of nitrogens with zero attached hydrogens (tertiary/aromatic N) is 4. The lowest BCUT2D eigenvalue weighted by molar-refractivity contribution is -0.145. The molecule has 0 radical (unpaired) electrons. The predicted molar refractivity (Wildman–Crippen MR) is 71.9 cm³/mol. The second kappa shape index (κ2) is 6.38. The summed E-state index contributed by atoms with van der Waals surface area (Å²) in [5.74, 6) is 0.0940. The van der Waals surface area contributed by atoms with E-state index < -0.39 is 5.97 Å². The highest BCUT2D eigenvalue weighted by Gasteiger charge is 2.08. The number of nitrogens with two attached hydrogens (primary N) is 1. The summed E-state index contributed by atoms with van der Waals surface area (Å²) in [6.45, 7) is -0.0207. The molecule has 0 spiro atoms. The summed E-state index contributed by atoms with van der Waals surface area (Å²) in [7, 11) is 1.49. The first kappa shape index (κ1) is 14.3. The molecule has 0 aliphatic rings. The van der Waals surface area contributed by atoms with Crippen molar-refractivity contribution in [3.8, 4) is 11.8 Å². The molecule has 2 rings (SSSR count). The molecule has 2 N–H and O–H groups in total. The van der Waals surface area contributed by atoms with Crippen molar-refractivity contribution >= 4 is 11.9 Å². The number of hydrogen-bond acceptors (Lipinski definition) is 7. The number of carbonyl (C=O) groups is 1. The third kappa shape index (κ3) is 3.70. The summed E-state index contributed by atoms with van der Waals surface area (Å²) in [6, 6.07) is 7.00. The molecule has 0 unspecified atom stereocenters. The van der Waals surface area contributed by atoms with Gasteiger partial charge in [-0.25, -0.2) is 9.67 Å². The quantitative estimate of drug-likeness (QED) is 0.795. The van der Waals surface area contributed by atoms with Crippen molar-refractivity contribution < 1.29 is 14.3 Å². The third-order valence-electron chi connectivity index (χ3n) is 2.63. The van der Waals surface area contributed by atoms with E-state index in [4.69, 9.17) is 20.5 Å². The molecular weight excluding hydrogens is 274 g/mol. The van der Waals surface area contributed by atoms with Gasteiger partial charge in [-0.3, -0.25) is 4.79 Å². The van der Waals surface area contributed by atoms with Crippen LogP contribution in [-0.2, 0) is 22.7 Å². The van der Waals surface area contributed by atoms with Crippen molar-refractivity contribution in [2.75, 3.05) is 12.8 Å². The van der Waals surface area contributed by atoms with Gasteiger partial charge in [-0.15, -0.1) is 5.10 Å². The van der Waals surface area contributed by atoms with Crippen LogP contribution in [0.5, 0.6) is 5.75 Å². The zero-order valence-corrected chi connectivity index (χ0v) is 11.3. The zero-order valence-electron chi connectivity index (χ0n) is 11.3. The fourth-order valence-corrected chi connectivity index (χ4v) is 1.66. The lowest BCUT2D eigenvalue weighted by atomic mass is 10.1. The monoisotopic (exact) mass is 287 g/mol. The topological polar surface area (TPSA) is 116 Å². The standard InChI is InChI=1S/C13H13N5O3/c1-20-11-3-2-9(4-10(11)5-14)7-21-12(19)6-18-8-16-13(15)17-18/h2-4,8H,6-7H2,1H3,(H2,15,17). The first-order valence-electron chi connectivity index (χ1n) is 6.00. The van der Waals surface area contributed by atoms with Gasteiger partial charge >= 0.3 is 5.97 Å². The van der Waals surface area contributed by atoms with Crippen molar-refractivity contribution in [1.29, 1.82) is 5.26 Å². The number of benzene rings is 1. The molecule has 0 bridgehead atoms. The average molecular weight is 287 g/mol. The number of nitriles is 1. The molecule has 8 nitrogen and oxygen atoms in total. The van der Waals surface area contributed by atoms with E-state index in [1.165, 1.54) is 18.1 Å². The highest BCUT2D eigenvalue weighted by atomic mass is 16.5. The van der Waals surface area contributed by atoms with Crippen LogP contribution in [0.25, 0.3) is 0 Å². The van der Waals surface area contributed by atoms with Crippen LogP contribution in [-0.4, -0.2) is 27.8 Å². The van der Waals surface area contributed by atoms with E-state index in [-0.39, 0.29) is 19.1 Å². The molecule has 1 heterocycles. The van der Waals surface area contributed by atoms with Gasteiger partial charge < -0.3 is 15.2 Å². The Bertz CT molecular complexity index is 689. The molecule has 1 aromatic heterocycles. The minimum atomic E-state index is -0.478. The average Bonchev–Trinajstić information content (AvgIpc) is 2.89. The van der Waals surface area contributed by atoms with E-state index in [1.54, 1.807) is 18.2 Å². The summed E-state index contributed by atoms with van der Waals surface area (Å²) in [5.41, 5.74) is 6.42. The van der Waals surface area contributed by atoms with Gasteiger partial charge in [0.15, 0.2) is 0 Å². The van der Waals surface area contributed by atoms with Gasteiger partial charge in [0.05, 0.1) is 12.7 Å². The van der Waals surface area contributed by atoms with Gasteiger partial charge in [-0.05, 0) is 17.7 Å². The summed E-state index contributed by atoms with van der Waals surface area (Å²) in [5, 5.41) is 12.8. The number of methoxy groups -OCH3 is 1. The Morgan fingerprint density at radius 1 is 1.52 bits per heavy atom. The maximum Gasteiger partial charge on any atom is 0.328 e. The molecular formula is C13H13N5O3.